The highest BCUT2D eigenvalue weighted by molar-refractivity contribution is 7.13. The number of hydrogen-bond donors (Lipinski definition) is 0. The van der Waals surface area contributed by atoms with Gasteiger partial charge in [0.1, 0.15) is 0 Å². The van der Waals surface area contributed by atoms with Gasteiger partial charge in [0, 0.05) is 5.39 Å². The maximum Gasteiger partial charge on any atom is 0.0809 e. The van der Waals surface area contributed by atoms with Gasteiger partial charge in [0.15, 0.2) is 0 Å². The van der Waals surface area contributed by atoms with Crippen LogP contribution in [0.4, 0.5) is 0 Å². The van der Waals surface area contributed by atoms with Crippen LogP contribution in [0.2, 0.25) is 0 Å². The molecule has 0 radical (unpaired) electrons. The van der Waals surface area contributed by atoms with Crippen LogP contribution in [0.25, 0.3) is 21.5 Å². The predicted octanol–water partition coefficient (Wildman–Crippen LogP) is 4.27. The number of aryl methyl sites for hydroxylation is 1. The van der Waals surface area contributed by atoms with Crippen LogP contribution in [0, 0.1) is 6.92 Å². The zero-order valence-corrected chi connectivity index (χ0v) is 9.79. The van der Waals surface area contributed by atoms with Crippen LogP contribution in [0.3, 0.4) is 0 Å². The quantitative estimate of drug-likeness (QED) is 0.602. The Morgan fingerprint density at radius 3 is 2.81 bits per heavy atom. The average molecular weight is 225 g/mol. The largest absolute Gasteiger partial charge is 0.247 e. The SMILES string of the molecule is Cc1ccc2nc(-c3cccs3)ccc2c1. The molecule has 1 nitrogen and oxygen atoms in total. The van der Waals surface area contributed by atoms with Gasteiger partial charge < -0.3 is 0 Å². The molecule has 2 heterocycles. The van der Waals surface area contributed by atoms with Crippen molar-refractivity contribution in [2.45, 2.75) is 6.92 Å². The lowest BCUT2D eigenvalue weighted by atomic mass is 10.1. The number of aromatic nitrogens is 1. The minimum absolute atomic E-state index is 1.06. The maximum atomic E-state index is 4.67. The molecule has 0 aliphatic rings. The van der Waals surface area contributed by atoms with E-state index >= 15 is 0 Å². The fraction of sp³-hybridized carbons (Fsp3) is 0.0714. The van der Waals surface area contributed by atoms with Crippen molar-refractivity contribution in [2.24, 2.45) is 0 Å². The van der Waals surface area contributed by atoms with Crippen LogP contribution in [0.1, 0.15) is 5.56 Å². The Balaban J connectivity index is 2.20. The predicted molar refractivity (Wildman–Crippen MR) is 69.8 cm³/mol. The topological polar surface area (TPSA) is 12.9 Å². The van der Waals surface area contributed by atoms with Gasteiger partial charge in [-0.25, -0.2) is 4.98 Å². The number of thiophene rings is 1. The average Bonchev–Trinajstić information content (AvgIpc) is 2.82. The van der Waals surface area contributed by atoms with E-state index in [0.717, 1.165) is 11.2 Å². The second-order valence-electron chi connectivity index (χ2n) is 3.87. The third-order valence-electron chi connectivity index (χ3n) is 2.62. The summed E-state index contributed by atoms with van der Waals surface area (Å²) in [6, 6.07) is 14.8. The first-order valence-corrected chi connectivity index (χ1v) is 6.12. The van der Waals surface area contributed by atoms with Crippen LogP contribution in [-0.2, 0) is 0 Å². The van der Waals surface area contributed by atoms with Crippen molar-refractivity contribution in [3.8, 4) is 10.6 Å². The molecule has 0 spiro atoms. The minimum atomic E-state index is 1.06. The van der Waals surface area contributed by atoms with E-state index in [1.807, 2.05) is 0 Å². The van der Waals surface area contributed by atoms with E-state index < -0.39 is 0 Å². The Hall–Kier alpha value is -1.67. The Labute approximate surface area is 98.4 Å². The molecule has 2 heteroatoms. The van der Waals surface area contributed by atoms with Gasteiger partial charge in [-0.1, -0.05) is 23.8 Å². The van der Waals surface area contributed by atoms with Crippen LogP contribution in [0.15, 0.2) is 47.8 Å². The number of benzene rings is 1. The normalized spacial score (nSPS) is 10.8. The zero-order valence-electron chi connectivity index (χ0n) is 8.97. The molecule has 1 aromatic carbocycles. The molecular formula is C14H11NS. The molecule has 0 atom stereocenters. The van der Waals surface area contributed by atoms with E-state index in [0.29, 0.717) is 0 Å². The minimum Gasteiger partial charge on any atom is -0.247 e. The summed E-state index contributed by atoms with van der Waals surface area (Å²) >= 11 is 1.73. The number of pyridine rings is 1. The highest BCUT2D eigenvalue weighted by Gasteiger charge is 2.01. The lowest BCUT2D eigenvalue weighted by molar-refractivity contribution is 1.40. The van der Waals surface area contributed by atoms with Gasteiger partial charge in [0.2, 0.25) is 0 Å². The van der Waals surface area contributed by atoms with Crippen LogP contribution in [-0.4, -0.2) is 4.98 Å². The second-order valence-corrected chi connectivity index (χ2v) is 4.82. The molecule has 0 aliphatic carbocycles. The number of nitrogens with zero attached hydrogens (tertiary/aromatic N) is 1. The Morgan fingerprint density at radius 1 is 1.06 bits per heavy atom. The monoisotopic (exact) mass is 225 g/mol. The van der Waals surface area contributed by atoms with Gasteiger partial charge in [-0.15, -0.1) is 11.3 Å². The van der Waals surface area contributed by atoms with Gasteiger partial charge in [-0.3, -0.25) is 0 Å². The molecule has 0 saturated heterocycles. The van der Waals surface area contributed by atoms with Gasteiger partial charge in [-0.2, -0.15) is 0 Å². The lowest BCUT2D eigenvalue weighted by Gasteiger charge is -2.01. The van der Waals surface area contributed by atoms with Crippen LogP contribution >= 0.6 is 11.3 Å². The highest BCUT2D eigenvalue weighted by atomic mass is 32.1. The Bertz CT molecular complexity index is 626. The molecule has 3 rings (SSSR count). The van der Waals surface area contributed by atoms with Crippen molar-refractivity contribution in [3.63, 3.8) is 0 Å². The van der Waals surface area contributed by atoms with Gasteiger partial charge in [0.05, 0.1) is 16.1 Å². The van der Waals surface area contributed by atoms with E-state index in [9.17, 15) is 0 Å². The van der Waals surface area contributed by atoms with E-state index in [1.54, 1.807) is 11.3 Å². The molecule has 16 heavy (non-hydrogen) atoms. The summed E-state index contributed by atoms with van der Waals surface area (Å²) in [5, 5.41) is 3.29. The van der Waals surface area contributed by atoms with E-state index in [2.05, 4.69) is 59.8 Å². The number of fused-ring (bicyclic) bond motifs is 1. The van der Waals surface area contributed by atoms with Crippen molar-refractivity contribution < 1.29 is 0 Å². The molecule has 2 aromatic heterocycles. The van der Waals surface area contributed by atoms with Crippen molar-refractivity contribution in [1.82, 2.24) is 4.98 Å². The van der Waals surface area contributed by atoms with Gasteiger partial charge in [-0.05, 0) is 36.6 Å². The molecule has 0 N–H and O–H groups in total. The molecule has 78 valence electrons. The zero-order chi connectivity index (χ0) is 11.0. The summed E-state index contributed by atoms with van der Waals surface area (Å²) < 4.78 is 0. The van der Waals surface area contributed by atoms with Gasteiger partial charge >= 0.3 is 0 Å². The number of hydrogen-bond acceptors (Lipinski definition) is 2. The third-order valence-corrected chi connectivity index (χ3v) is 3.51. The first-order valence-electron chi connectivity index (χ1n) is 5.24. The molecule has 0 fully saturated rings. The smallest absolute Gasteiger partial charge is 0.0809 e. The van der Waals surface area contributed by atoms with E-state index in [1.165, 1.54) is 15.8 Å². The van der Waals surface area contributed by atoms with Gasteiger partial charge in [0.25, 0.3) is 0 Å². The van der Waals surface area contributed by atoms with Crippen molar-refractivity contribution >= 4 is 22.2 Å². The molecule has 3 aromatic rings. The molecule has 0 aliphatic heterocycles. The Morgan fingerprint density at radius 2 is 2.00 bits per heavy atom. The van der Waals surface area contributed by atoms with E-state index in [-0.39, 0.29) is 0 Å². The molecule has 0 amide bonds. The standard InChI is InChI=1S/C14H11NS/c1-10-4-6-12-11(9-10)5-7-13(15-12)14-3-2-8-16-14/h2-9H,1H3. The first kappa shape index (κ1) is 9.55. The number of rotatable bonds is 1. The molecule has 0 unspecified atom stereocenters. The molecule has 0 saturated carbocycles. The maximum absolute atomic E-state index is 4.67. The summed E-state index contributed by atoms with van der Waals surface area (Å²) in [7, 11) is 0. The lowest BCUT2D eigenvalue weighted by Crippen LogP contribution is -1.83. The third kappa shape index (κ3) is 1.61. The van der Waals surface area contributed by atoms with E-state index in [4.69, 9.17) is 0 Å². The van der Waals surface area contributed by atoms with Crippen molar-refractivity contribution in [2.75, 3.05) is 0 Å². The van der Waals surface area contributed by atoms with Crippen LogP contribution in [0.5, 0.6) is 0 Å². The summed E-state index contributed by atoms with van der Waals surface area (Å²) in [5.41, 5.74) is 3.40. The second kappa shape index (κ2) is 3.72. The first-order chi connectivity index (χ1) is 7.83. The molecule has 0 bridgehead atoms. The fourth-order valence-corrected chi connectivity index (χ4v) is 2.50. The fourth-order valence-electron chi connectivity index (χ4n) is 1.81. The highest BCUT2D eigenvalue weighted by Crippen LogP contribution is 2.25. The summed E-state index contributed by atoms with van der Waals surface area (Å²) in [4.78, 5) is 5.89. The summed E-state index contributed by atoms with van der Waals surface area (Å²) in [6.07, 6.45) is 0. The molecular weight excluding hydrogens is 214 g/mol. The van der Waals surface area contributed by atoms with Crippen molar-refractivity contribution in [1.29, 1.82) is 0 Å². The Kier molecular flexibility index (Phi) is 2.22. The van der Waals surface area contributed by atoms with Crippen molar-refractivity contribution in [3.05, 3.63) is 53.4 Å². The summed E-state index contributed by atoms with van der Waals surface area (Å²) in [6.45, 7) is 2.10. The van der Waals surface area contributed by atoms with Crippen LogP contribution < -0.4 is 0 Å². The summed E-state index contributed by atoms with van der Waals surface area (Å²) in [5.74, 6) is 0.